The first-order chi connectivity index (χ1) is 14.0. The highest BCUT2D eigenvalue weighted by atomic mass is 16.7. The standard InChI is InChI=1S/C20H27N5O4/c1-4-28-12-29-17-9-13(2)8-14(3)18(17)16-10-21-19(24-23-16)22-15-6-5-7-25(11-15)20(26)27/h8-10,15H,4-7,11-12H2,1-3H3,(H,26,27)(H,21,22,24)/t15-/m1/s1. The van der Waals surface area contributed by atoms with Crippen LogP contribution in [0.3, 0.4) is 0 Å². The Hall–Kier alpha value is -2.94. The number of likely N-dealkylation sites (tertiary alicyclic amines) is 1. The van der Waals surface area contributed by atoms with Crippen LogP contribution in [0.2, 0.25) is 0 Å². The van der Waals surface area contributed by atoms with E-state index in [-0.39, 0.29) is 12.8 Å². The third kappa shape index (κ3) is 5.32. The van der Waals surface area contributed by atoms with Gasteiger partial charge in [0, 0.05) is 31.3 Å². The summed E-state index contributed by atoms with van der Waals surface area (Å²) in [6.45, 7) is 7.61. The van der Waals surface area contributed by atoms with Gasteiger partial charge in [-0.1, -0.05) is 6.07 Å². The Morgan fingerprint density at radius 1 is 1.34 bits per heavy atom. The van der Waals surface area contributed by atoms with Gasteiger partial charge >= 0.3 is 6.09 Å². The van der Waals surface area contributed by atoms with E-state index in [2.05, 4.69) is 26.6 Å². The lowest BCUT2D eigenvalue weighted by atomic mass is 10.0. The van der Waals surface area contributed by atoms with Crippen LogP contribution in [-0.4, -0.2) is 63.8 Å². The number of carbonyl (C=O) groups is 1. The lowest BCUT2D eigenvalue weighted by Gasteiger charge is -2.31. The van der Waals surface area contributed by atoms with Crippen LogP contribution in [0.5, 0.6) is 5.75 Å². The van der Waals surface area contributed by atoms with Gasteiger partial charge in [-0.05, 0) is 50.8 Å². The fourth-order valence-corrected chi connectivity index (χ4v) is 3.47. The molecule has 0 bridgehead atoms. The molecule has 1 aliphatic rings. The van der Waals surface area contributed by atoms with Gasteiger partial charge in [-0.2, -0.15) is 0 Å². The van der Waals surface area contributed by atoms with Crippen LogP contribution in [-0.2, 0) is 4.74 Å². The number of rotatable bonds is 7. The largest absolute Gasteiger partial charge is 0.467 e. The van der Waals surface area contributed by atoms with Gasteiger partial charge in [-0.15, -0.1) is 10.2 Å². The Morgan fingerprint density at radius 3 is 2.86 bits per heavy atom. The van der Waals surface area contributed by atoms with Crippen molar-refractivity contribution in [2.75, 3.05) is 31.8 Å². The Bertz CT molecular complexity index is 844. The van der Waals surface area contributed by atoms with Crippen molar-refractivity contribution in [3.05, 3.63) is 29.5 Å². The van der Waals surface area contributed by atoms with Crippen molar-refractivity contribution >= 4 is 12.0 Å². The van der Waals surface area contributed by atoms with Crippen LogP contribution in [0.4, 0.5) is 10.7 Å². The molecule has 0 spiro atoms. The van der Waals surface area contributed by atoms with E-state index >= 15 is 0 Å². The topological polar surface area (TPSA) is 110 Å². The summed E-state index contributed by atoms with van der Waals surface area (Å²) in [6, 6.07) is 3.97. The fraction of sp³-hybridized carbons (Fsp3) is 0.500. The maximum absolute atomic E-state index is 11.2. The molecule has 1 saturated heterocycles. The first-order valence-corrected chi connectivity index (χ1v) is 9.74. The van der Waals surface area contributed by atoms with Crippen molar-refractivity contribution in [1.82, 2.24) is 20.1 Å². The number of nitrogens with one attached hydrogen (secondary N) is 1. The van der Waals surface area contributed by atoms with Gasteiger partial charge in [0.1, 0.15) is 11.4 Å². The van der Waals surface area contributed by atoms with Crippen LogP contribution in [0.15, 0.2) is 18.3 Å². The lowest BCUT2D eigenvalue weighted by Crippen LogP contribution is -2.44. The Kier molecular flexibility index (Phi) is 6.82. The number of carboxylic acid groups (broad SMARTS) is 1. The summed E-state index contributed by atoms with van der Waals surface area (Å²) in [5.41, 5.74) is 3.53. The molecule has 0 radical (unpaired) electrons. The predicted molar refractivity (Wildman–Crippen MR) is 108 cm³/mol. The zero-order chi connectivity index (χ0) is 20.8. The number of aryl methyl sites for hydroxylation is 2. The van der Waals surface area contributed by atoms with Gasteiger partial charge in [-0.3, -0.25) is 0 Å². The molecule has 9 heteroatoms. The van der Waals surface area contributed by atoms with E-state index in [9.17, 15) is 4.79 Å². The van der Waals surface area contributed by atoms with Crippen LogP contribution < -0.4 is 10.1 Å². The minimum Gasteiger partial charge on any atom is -0.467 e. The molecule has 156 valence electrons. The second-order valence-electron chi connectivity index (χ2n) is 7.09. The van der Waals surface area contributed by atoms with E-state index < -0.39 is 6.09 Å². The molecule has 9 nitrogen and oxygen atoms in total. The van der Waals surface area contributed by atoms with Gasteiger partial charge in [0.25, 0.3) is 0 Å². The smallest absolute Gasteiger partial charge is 0.407 e. The van der Waals surface area contributed by atoms with Gasteiger partial charge in [0.05, 0.1) is 6.20 Å². The summed E-state index contributed by atoms with van der Waals surface area (Å²) in [5, 5.41) is 20.9. The molecule has 2 N–H and O–H groups in total. The number of nitrogens with zero attached hydrogens (tertiary/aromatic N) is 4. The van der Waals surface area contributed by atoms with E-state index in [1.54, 1.807) is 6.20 Å². The van der Waals surface area contributed by atoms with Crippen LogP contribution >= 0.6 is 0 Å². The molecule has 1 atom stereocenters. The summed E-state index contributed by atoms with van der Waals surface area (Å²) < 4.78 is 11.1. The number of hydrogen-bond acceptors (Lipinski definition) is 7. The molecular weight excluding hydrogens is 374 g/mol. The van der Waals surface area contributed by atoms with E-state index in [4.69, 9.17) is 14.6 Å². The number of aromatic nitrogens is 3. The van der Waals surface area contributed by atoms with Crippen molar-refractivity contribution in [2.45, 2.75) is 39.7 Å². The van der Waals surface area contributed by atoms with Gasteiger partial charge in [0.2, 0.25) is 5.95 Å². The molecule has 29 heavy (non-hydrogen) atoms. The molecule has 2 heterocycles. The fourth-order valence-electron chi connectivity index (χ4n) is 3.47. The quantitative estimate of drug-likeness (QED) is 0.538. The van der Waals surface area contributed by atoms with Gasteiger partial charge < -0.3 is 24.8 Å². The molecule has 3 rings (SSSR count). The Labute approximate surface area is 170 Å². The highest BCUT2D eigenvalue weighted by Crippen LogP contribution is 2.33. The highest BCUT2D eigenvalue weighted by Gasteiger charge is 2.23. The second kappa shape index (κ2) is 9.51. The van der Waals surface area contributed by atoms with Crippen molar-refractivity contribution in [3.63, 3.8) is 0 Å². The average Bonchev–Trinajstić information content (AvgIpc) is 2.69. The predicted octanol–water partition coefficient (Wildman–Crippen LogP) is 3.08. The Balaban J connectivity index is 1.75. The molecule has 1 aliphatic heterocycles. The number of anilines is 1. The first kappa shape index (κ1) is 20.8. The first-order valence-electron chi connectivity index (χ1n) is 9.74. The molecule has 0 unspecified atom stereocenters. The summed E-state index contributed by atoms with van der Waals surface area (Å²) in [5.74, 6) is 1.06. The molecule has 1 aromatic heterocycles. The van der Waals surface area contributed by atoms with Crippen LogP contribution in [0.25, 0.3) is 11.3 Å². The van der Waals surface area contributed by atoms with Crippen molar-refractivity contribution in [2.24, 2.45) is 0 Å². The van der Waals surface area contributed by atoms with Gasteiger partial charge in [-0.25, -0.2) is 9.78 Å². The summed E-state index contributed by atoms with van der Waals surface area (Å²) in [4.78, 5) is 17.0. The number of piperidine rings is 1. The van der Waals surface area contributed by atoms with E-state index in [0.29, 0.717) is 37.1 Å². The molecular formula is C20H27N5O4. The van der Waals surface area contributed by atoms with E-state index in [0.717, 1.165) is 29.5 Å². The average molecular weight is 401 g/mol. The number of hydrogen-bond donors (Lipinski definition) is 2. The van der Waals surface area contributed by atoms with Gasteiger partial charge in [0.15, 0.2) is 6.79 Å². The monoisotopic (exact) mass is 401 g/mol. The molecule has 2 aromatic rings. The minimum absolute atomic E-state index is 0.0290. The highest BCUT2D eigenvalue weighted by molar-refractivity contribution is 5.71. The second-order valence-corrected chi connectivity index (χ2v) is 7.09. The SMILES string of the molecule is CCOCOc1cc(C)cc(C)c1-c1cnc(N[C@@H]2CCCN(C(=O)O)C2)nn1. The summed E-state index contributed by atoms with van der Waals surface area (Å²) >= 11 is 0. The van der Waals surface area contributed by atoms with Crippen molar-refractivity contribution in [1.29, 1.82) is 0 Å². The van der Waals surface area contributed by atoms with Crippen LogP contribution in [0.1, 0.15) is 30.9 Å². The molecule has 1 aromatic carbocycles. The van der Waals surface area contributed by atoms with Crippen LogP contribution in [0, 0.1) is 13.8 Å². The normalized spacial score (nSPS) is 16.5. The molecule has 0 saturated carbocycles. The maximum Gasteiger partial charge on any atom is 0.407 e. The third-order valence-corrected chi connectivity index (χ3v) is 4.79. The van der Waals surface area contributed by atoms with E-state index in [1.165, 1.54) is 4.90 Å². The minimum atomic E-state index is -0.902. The number of benzene rings is 1. The maximum atomic E-state index is 11.2. The van der Waals surface area contributed by atoms with Crippen molar-refractivity contribution < 1.29 is 19.4 Å². The zero-order valence-electron chi connectivity index (χ0n) is 17.0. The molecule has 1 amide bonds. The molecule has 1 fully saturated rings. The zero-order valence-corrected chi connectivity index (χ0v) is 17.0. The number of ether oxygens (including phenoxy) is 2. The third-order valence-electron chi connectivity index (χ3n) is 4.79. The molecule has 0 aliphatic carbocycles. The summed E-state index contributed by atoms with van der Waals surface area (Å²) in [7, 11) is 0. The lowest BCUT2D eigenvalue weighted by molar-refractivity contribution is 0.0227. The number of amides is 1. The summed E-state index contributed by atoms with van der Waals surface area (Å²) in [6.07, 6.45) is 2.42. The van der Waals surface area contributed by atoms with E-state index in [1.807, 2.05) is 26.8 Å². The Morgan fingerprint density at radius 2 is 2.17 bits per heavy atom. The van der Waals surface area contributed by atoms with Crippen molar-refractivity contribution in [3.8, 4) is 17.0 Å².